The quantitative estimate of drug-likeness (QED) is 0.0581. The highest BCUT2D eigenvalue weighted by molar-refractivity contribution is 7.12. The number of para-hydroxylation sites is 3. The number of hydrogen-bond donors (Lipinski definition) is 1. The van der Waals surface area contributed by atoms with Crippen molar-refractivity contribution < 1.29 is 61.7 Å². The highest BCUT2D eigenvalue weighted by Crippen LogP contribution is 2.31. The molecule has 5 aromatic heterocycles. The van der Waals surface area contributed by atoms with Crippen molar-refractivity contribution in [3.63, 3.8) is 0 Å². The third-order valence-corrected chi connectivity index (χ3v) is 19.6. The molecule has 10 aromatic carbocycles. The molecule has 0 saturated heterocycles. The zero-order chi connectivity index (χ0) is 90.2. The van der Waals surface area contributed by atoms with Crippen LogP contribution in [0.25, 0.3) is 43.4 Å². The van der Waals surface area contributed by atoms with Gasteiger partial charge in [-0.2, -0.15) is 10.2 Å². The maximum Gasteiger partial charge on any atom is 0.187 e. The van der Waals surface area contributed by atoms with Crippen LogP contribution in [0.3, 0.4) is 0 Å². The number of aromatic amines is 1. The lowest BCUT2D eigenvalue weighted by molar-refractivity contribution is 0.0930. The van der Waals surface area contributed by atoms with E-state index in [0.29, 0.717) is 80.2 Å². The van der Waals surface area contributed by atoms with Crippen LogP contribution < -0.4 is 14.2 Å². The van der Waals surface area contributed by atoms with E-state index in [4.69, 9.17) is 18.7 Å². The molecule has 1 aliphatic rings. The van der Waals surface area contributed by atoms with Crippen molar-refractivity contribution in [3.8, 4) is 28.7 Å². The zero-order valence-corrected chi connectivity index (χ0v) is 73.9. The number of carbonyl (C=O) groups is 8. The lowest BCUT2D eigenvalue weighted by atomic mass is 9.99. The number of pyridine rings is 1. The van der Waals surface area contributed by atoms with Crippen LogP contribution in [-0.2, 0) is 13.2 Å². The van der Waals surface area contributed by atoms with Crippen molar-refractivity contribution >= 4 is 107 Å². The Morgan fingerprint density at radius 2 is 0.848 bits per heavy atom. The van der Waals surface area contributed by atoms with Crippen molar-refractivity contribution in [1.82, 2.24) is 40.2 Å². The van der Waals surface area contributed by atoms with Crippen LogP contribution in [-0.4, -0.2) is 86.5 Å². The largest absolute Gasteiger partial charge is 0.489 e. The van der Waals surface area contributed by atoms with Gasteiger partial charge >= 0.3 is 0 Å². The Hall–Kier alpha value is -14.1. The highest BCUT2D eigenvalue weighted by Gasteiger charge is 2.21. The molecule has 642 valence electrons. The molecule has 0 atom stereocenters. The Labute approximate surface area is 731 Å². The van der Waals surface area contributed by atoms with Crippen molar-refractivity contribution in [3.05, 3.63) is 317 Å². The number of nitrogens with zero attached hydrogens (tertiary/aromatic N) is 9. The molecule has 125 heavy (non-hydrogen) atoms. The number of fused-ring (bicyclic) bond motifs is 5. The maximum atomic E-state index is 12.1. The molecule has 0 saturated carbocycles. The van der Waals surface area contributed by atoms with Gasteiger partial charge < -0.3 is 23.7 Å². The fourth-order valence-corrected chi connectivity index (χ4v) is 12.4. The second kappa shape index (κ2) is 46.8. The van der Waals surface area contributed by atoms with Gasteiger partial charge in [0.05, 0.1) is 33.5 Å². The molecule has 1 N–H and O–H groups in total. The van der Waals surface area contributed by atoms with E-state index < -0.39 is 0 Å². The van der Waals surface area contributed by atoms with E-state index in [1.807, 2.05) is 311 Å². The first-order chi connectivity index (χ1) is 59.9. The molecule has 0 unspecified atom stereocenters. The first-order valence-corrected chi connectivity index (χ1v) is 42.1. The van der Waals surface area contributed by atoms with Gasteiger partial charge in [-0.15, -0.1) is 10.2 Å². The molecule has 0 radical (unpaired) electrons. The van der Waals surface area contributed by atoms with Crippen LogP contribution in [0.1, 0.15) is 205 Å². The van der Waals surface area contributed by atoms with Crippen LogP contribution in [0.5, 0.6) is 28.7 Å². The van der Waals surface area contributed by atoms with Gasteiger partial charge in [-0.25, -0.2) is 4.63 Å². The molecule has 16 rings (SSSR count). The minimum absolute atomic E-state index is 0.00280. The van der Waals surface area contributed by atoms with Crippen LogP contribution >= 0.6 is 11.5 Å². The lowest BCUT2D eigenvalue weighted by Gasteiger charge is -2.11. The molecule has 1 aliphatic heterocycles. The minimum Gasteiger partial charge on any atom is -0.489 e. The summed E-state index contributed by atoms with van der Waals surface area (Å²) < 4.78 is 31.4. The van der Waals surface area contributed by atoms with Gasteiger partial charge in [0.2, 0.25) is 0 Å². The summed E-state index contributed by atoms with van der Waals surface area (Å²) in [6.45, 7) is 31.4. The Morgan fingerprint density at radius 3 is 1.43 bits per heavy atom. The van der Waals surface area contributed by atoms with E-state index in [0.717, 1.165) is 66.4 Å². The summed E-state index contributed by atoms with van der Waals surface area (Å²) in [7, 11) is 0. The van der Waals surface area contributed by atoms with Gasteiger partial charge in [0.1, 0.15) is 57.4 Å². The molecule has 0 fully saturated rings. The summed E-state index contributed by atoms with van der Waals surface area (Å²) in [6, 6.07) is 76.3. The van der Waals surface area contributed by atoms with E-state index in [-0.39, 0.29) is 93.6 Å². The minimum atomic E-state index is -0.0366. The predicted octanol–water partition coefficient (Wildman–Crippen LogP) is 24.9. The number of aromatic nitrogens is 8. The Kier molecular flexibility index (Phi) is 35.4. The lowest BCUT2D eigenvalue weighted by Crippen LogP contribution is -2.08. The second-order valence-corrected chi connectivity index (χ2v) is 32.3. The first-order valence-electron chi connectivity index (χ1n) is 41.3. The fraction of sp³-hybridized carbons (Fsp3) is 0.257. The Bertz CT molecular complexity index is 5790. The van der Waals surface area contributed by atoms with Crippen molar-refractivity contribution in [2.75, 3.05) is 0 Å². The molecule has 0 bridgehead atoms. The molecule has 0 spiro atoms. The van der Waals surface area contributed by atoms with E-state index in [1.54, 1.807) is 60.8 Å². The van der Waals surface area contributed by atoms with Gasteiger partial charge in [-0.05, 0) is 161 Å². The molecule has 0 aliphatic carbocycles. The van der Waals surface area contributed by atoms with Crippen molar-refractivity contribution in [2.24, 2.45) is 57.6 Å². The van der Waals surface area contributed by atoms with Crippen molar-refractivity contribution in [2.45, 2.75) is 124 Å². The third-order valence-electron chi connectivity index (χ3n) is 18.9. The van der Waals surface area contributed by atoms with Crippen LogP contribution in [0, 0.1) is 47.3 Å². The smallest absolute Gasteiger partial charge is 0.187 e. The Morgan fingerprint density at radius 1 is 0.384 bits per heavy atom. The molecular weight excluding hydrogens is 1590 g/mol. The standard InChI is InChI=1S/C17H18O2.2C16H16O2.2C11H12N2O.2C10H10N2O2.C10H10N2OS/c1-13(2)17(18)15-9-6-10-16(11-15)19-12-14-7-4-3-5-8-14;1-12(2)16(17)13-7-6-10-15(11-13)18-14-8-4-3-5-9-14;1-12(2)16(17)14-10-6-7-11-15(14)18-13-8-4-3-5-9-13;1-7(2)11(14)8-5-10-9(13-6-8)3-4-12-10;1-7(2)11(14)8-3-4-9-6-12-13-10(9)5-8;1-6(2)10(13)7-3-4-9-8(5-7)11-12-14-9;1-6(2)10(13)7-3-4-8-9(5-7)12-14-11-8;1-6(2)10(13)7-3-4-9-8(5-7)11-12-14-9/h3-11,13H,12H2,1-2H3;2*3-12H,1-2H3;3-7,12H,1-2H3;3-5,7H,6H2,1-2H3;3*3-6H,1-2H3. The number of hydrogen-bond acceptors (Lipinski definition) is 23. The molecule has 24 heteroatoms. The highest BCUT2D eigenvalue weighted by atomic mass is 32.1. The number of carbonyl (C=O) groups excluding carboxylic acids is 8. The number of azo groups is 1. The third kappa shape index (κ3) is 28.2. The van der Waals surface area contributed by atoms with E-state index in [2.05, 4.69) is 55.1 Å². The molecule has 15 aromatic rings. The second-order valence-electron chi connectivity index (χ2n) is 31.6. The molecule has 0 amide bonds. The predicted molar refractivity (Wildman–Crippen MR) is 488 cm³/mol. The number of benzene rings is 10. The number of H-pyrrole nitrogens is 1. The average Bonchev–Trinajstić information content (AvgIpc) is 1.60. The SMILES string of the molecule is CC(C)C(=O)c1ccc2c(c1)N=NC2.CC(C)C(=O)c1ccc2nonc2c1.CC(C)C(=O)c1ccc2onnc2c1.CC(C)C(=O)c1ccc2snnc2c1.CC(C)C(=O)c1cccc(OCc2ccccc2)c1.CC(C)C(=O)c1cccc(Oc2ccccc2)c1.CC(C)C(=O)c1ccccc1Oc1ccccc1.CC(C)C(=O)c1cnc2cc[nH]c2c1. The van der Waals surface area contributed by atoms with Gasteiger partial charge in [-0.3, -0.25) is 43.3 Å². The van der Waals surface area contributed by atoms with Crippen LogP contribution in [0.2, 0.25) is 0 Å². The normalized spacial score (nSPS) is 11.0. The summed E-state index contributed by atoms with van der Waals surface area (Å²) in [5.41, 5.74) is 13.7. The average molecular weight is 1700 g/mol. The summed E-state index contributed by atoms with van der Waals surface area (Å²) in [5, 5.41) is 26.3. The number of rotatable bonds is 23. The maximum absolute atomic E-state index is 12.1. The Balaban J connectivity index is 0.000000162. The van der Waals surface area contributed by atoms with Crippen LogP contribution in [0.15, 0.2) is 280 Å². The fourth-order valence-electron chi connectivity index (χ4n) is 11.8. The van der Waals surface area contributed by atoms with E-state index in [1.165, 1.54) is 11.5 Å². The van der Waals surface area contributed by atoms with Gasteiger partial charge in [0.15, 0.2) is 51.8 Å². The van der Waals surface area contributed by atoms with E-state index in [9.17, 15) is 38.4 Å². The number of ketones is 8. The van der Waals surface area contributed by atoms with Gasteiger partial charge in [0.25, 0.3) is 0 Å². The number of ether oxygens (including phenoxy) is 3. The summed E-state index contributed by atoms with van der Waals surface area (Å²) in [6.07, 6.45) is 3.46. The molecular formula is C101H104N10O13S. The zero-order valence-electron chi connectivity index (χ0n) is 73.1. The number of Topliss-reactive ketones (excluding diaryl/α,β-unsaturated/α-hetero) is 8. The first kappa shape index (κ1) is 94.7. The van der Waals surface area contributed by atoms with Crippen molar-refractivity contribution in [1.29, 1.82) is 0 Å². The monoisotopic (exact) mass is 1700 g/mol. The van der Waals surface area contributed by atoms with Crippen LogP contribution in [0.4, 0.5) is 5.69 Å². The molecule has 23 nitrogen and oxygen atoms in total. The molecule has 6 heterocycles. The number of nitrogens with one attached hydrogen (secondary N) is 1. The van der Waals surface area contributed by atoms with E-state index >= 15 is 0 Å². The summed E-state index contributed by atoms with van der Waals surface area (Å²) in [5.74, 6) is 4.61. The summed E-state index contributed by atoms with van der Waals surface area (Å²) in [4.78, 5) is 101. The van der Waals surface area contributed by atoms with Gasteiger partial charge in [0, 0.05) is 110 Å². The van der Waals surface area contributed by atoms with Gasteiger partial charge in [-0.1, -0.05) is 231 Å². The summed E-state index contributed by atoms with van der Waals surface area (Å²) >= 11 is 1.34. The topological polar surface area (TPSA) is 321 Å².